The molecule has 0 saturated heterocycles. The van der Waals surface area contributed by atoms with Gasteiger partial charge in [0.05, 0.1) is 12.9 Å². The Balaban J connectivity index is 1.93. The molecular weight excluding hydrogens is 210 g/mol. The smallest absolute Gasteiger partial charge is 0.219 e. The Kier molecular flexibility index (Phi) is 5.81. The first kappa shape index (κ1) is 12.9. The average Bonchev–Trinajstić information content (AvgIpc) is 2.70. The van der Waals surface area contributed by atoms with Crippen molar-refractivity contribution in [2.24, 2.45) is 4.99 Å². The van der Waals surface area contributed by atoms with E-state index in [4.69, 9.17) is 10.2 Å². The number of nitrogens with zero attached hydrogens (tertiary/aromatic N) is 1. The minimum atomic E-state index is -1.31. The molecule has 1 amide bonds. The van der Waals surface area contributed by atoms with E-state index in [1.807, 2.05) is 0 Å². The number of amides is 1. The van der Waals surface area contributed by atoms with Crippen molar-refractivity contribution in [1.29, 1.82) is 0 Å². The predicted molar refractivity (Wildman–Crippen MR) is 60.0 cm³/mol. The van der Waals surface area contributed by atoms with Crippen LogP contribution in [0.4, 0.5) is 0 Å². The van der Waals surface area contributed by atoms with E-state index in [0.29, 0.717) is 25.4 Å². The molecule has 1 unspecified atom stereocenters. The van der Waals surface area contributed by atoms with Crippen LogP contribution in [0.1, 0.15) is 25.7 Å². The number of nitrogens with one attached hydrogen (secondary N) is 2. The van der Waals surface area contributed by atoms with Crippen LogP contribution in [0.3, 0.4) is 0 Å². The van der Waals surface area contributed by atoms with Gasteiger partial charge in [0.25, 0.3) is 0 Å². The molecule has 0 aromatic heterocycles. The van der Waals surface area contributed by atoms with E-state index in [0.717, 1.165) is 13.0 Å². The van der Waals surface area contributed by atoms with Gasteiger partial charge in [0.1, 0.15) is 0 Å². The standard InChI is InChI=1S/C10H19N3O3/c14-9(2-1-3-10(15)16)12-5-4-8-6-11-7-13-8/h7-8,10,15-16H,1-6H2,(H,11,13)(H,12,14). The number of hydrogen-bond donors (Lipinski definition) is 4. The summed E-state index contributed by atoms with van der Waals surface area (Å²) < 4.78 is 0. The van der Waals surface area contributed by atoms with Crippen LogP contribution >= 0.6 is 0 Å². The highest BCUT2D eigenvalue weighted by molar-refractivity contribution is 5.75. The minimum Gasteiger partial charge on any atom is -0.372 e. The molecule has 1 aliphatic heterocycles. The Morgan fingerprint density at radius 1 is 1.62 bits per heavy atom. The lowest BCUT2D eigenvalue weighted by Crippen LogP contribution is -2.32. The highest BCUT2D eigenvalue weighted by atomic mass is 16.5. The van der Waals surface area contributed by atoms with Crippen LogP contribution in [0.2, 0.25) is 0 Å². The number of carbonyl (C=O) groups is 1. The monoisotopic (exact) mass is 229 g/mol. The number of hydrogen-bond acceptors (Lipinski definition) is 5. The first-order valence-corrected chi connectivity index (χ1v) is 5.55. The summed E-state index contributed by atoms with van der Waals surface area (Å²) in [5.74, 6) is -0.0421. The van der Waals surface area contributed by atoms with Gasteiger partial charge in [-0.3, -0.25) is 9.79 Å². The van der Waals surface area contributed by atoms with Crippen molar-refractivity contribution < 1.29 is 15.0 Å². The molecule has 6 heteroatoms. The molecule has 0 fully saturated rings. The van der Waals surface area contributed by atoms with Gasteiger partial charge in [0, 0.05) is 19.0 Å². The first-order chi connectivity index (χ1) is 7.68. The minimum absolute atomic E-state index is 0.0421. The van der Waals surface area contributed by atoms with Gasteiger partial charge in [-0.25, -0.2) is 0 Å². The fraction of sp³-hybridized carbons (Fsp3) is 0.800. The second-order valence-corrected chi connectivity index (χ2v) is 3.87. The van der Waals surface area contributed by atoms with Crippen molar-refractivity contribution in [3.05, 3.63) is 0 Å². The van der Waals surface area contributed by atoms with E-state index >= 15 is 0 Å². The average molecular weight is 229 g/mol. The second kappa shape index (κ2) is 7.19. The Morgan fingerprint density at radius 2 is 2.44 bits per heavy atom. The summed E-state index contributed by atoms with van der Waals surface area (Å²) in [4.78, 5) is 15.3. The van der Waals surface area contributed by atoms with Crippen LogP contribution in [0, 0.1) is 0 Å². The van der Waals surface area contributed by atoms with E-state index in [-0.39, 0.29) is 12.3 Å². The molecule has 0 spiro atoms. The van der Waals surface area contributed by atoms with Crippen molar-refractivity contribution in [3.63, 3.8) is 0 Å². The quantitative estimate of drug-likeness (QED) is 0.420. The van der Waals surface area contributed by atoms with Crippen molar-refractivity contribution in [3.8, 4) is 0 Å². The molecule has 0 aromatic rings. The Bertz CT molecular complexity index is 235. The Morgan fingerprint density at radius 3 is 3.06 bits per heavy atom. The molecule has 1 rings (SSSR count). The predicted octanol–water partition coefficient (Wildman–Crippen LogP) is -1.03. The molecular formula is C10H19N3O3. The summed E-state index contributed by atoms with van der Waals surface area (Å²) in [5.41, 5.74) is 0. The van der Waals surface area contributed by atoms with Crippen molar-refractivity contribution in [2.75, 3.05) is 13.1 Å². The van der Waals surface area contributed by atoms with Crippen LogP contribution in [0.5, 0.6) is 0 Å². The Hall–Kier alpha value is -1.14. The molecule has 4 N–H and O–H groups in total. The van der Waals surface area contributed by atoms with Crippen molar-refractivity contribution in [2.45, 2.75) is 38.0 Å². The maximum atomic E-state index is 11.3. The van der Waals surface area contributed by atoms with Crippen LogP contribution in [-0.4, -0.2) is 47.9 Å². The summed E-state index contributed by atoms with van der Waals surface area (Å²) >= 11 is 0. The maximum absolute atomic E-state index is 11.3. The van der Waals surface area contributed by atoms with Gasteiger partial charge in [0.15, 0.2) is 6.29 Å². The normalized spacial score (nSPS) is 18.8. The molecule has 1 atom stereocenters. The van der Waals surface area contributed by atoms with E-state index in [1.54, 1.807) is 6.34 Å². The zero-order valence-corrected chi connectivity index (χ0v) is 9.22. The van der Waals surface area contributed by atoms with E-state index < -0.39 is 6.29 Å². The fourth-order valence-corrected chi connectivity index (χ4v) is 1.48. The summed E-state index contributed by atoms with van der Waals surface area (Å²) in [6.07, 6.45) is 2.31. The van der Waals surface area contributed by atoms with Gasteiger partial charge in [-0.1, -0.05) is 0 Å². The summed E-state index contributed by atoms with van der Waals surface area (Å²) in [6.45, 7) is 1.40. The molecule has 0 radical (unpaired) electrons. The molecule has 0 aromatic carbocycles. The molecule has 1 aliphatic rings. The Labute approximate surface area is 94.8 Å². The third-order valence-electron chi connectivity index (χ3n) is 2.41. The highest BCUT2D eigenvalue weighted by Crippen LogP contribution is 1.99. The van der Waals surface area contributed by atoms with Crippen LogP contribution in [0.25, 0.3) is 0 Å². The molecule has 0 bridgehead atoms. The zero-order chi connectivity index (χ0) is 11.8. The largest absolute Gasteiger partial charge is 0.372 e. The SMILES string of the molecule is O=C(CCCC(O)O)NCCC1CN=CN1. The molecule has 6 nitrogen and oxygen atoms in total. The zero-order valence-electron chi connectivity index (χ0n) is 9.22. The number of rotatable bonds is 7. The van der Waals surface area contributed by atoms with E-state index in [2.05, 4.69) is 15.6 Å². The summed E-state index contributed by atoms with van der Waals surface area (Å²) in [5, 5.41) is 23.0. The van der Waals surface area contributed by atoms with E-state index in [1.165, 1.54) is 0 Å². The van der Waals surface area contributed by atoms with Crippen molar-refractivity contribution >= 4 is 12.2 Å². The number of aliphatic imine (C=N–C) groups is 1. The molecule has 92 valence electrons. The third kappa shape index (κ3) is 5.67. The van der Waals surface area contributed by atoms with Gasteiger partial charge < -0.3 is 20.8 Å². The van der Waals surface area contributed by atoms with Crippen LogP contribution in [0.15, 0.2) is 4.99 Å². The lowest BCUT2D eigenvalue weighted by atomic mass is 10.2. The van der Waals surface area contributed by atoms with Gasteiger partial charge in [-0.15, -0.1) is 0 Å². The summed E-state index contributed by atoms with van der Waals surface area (Å²) in [7, 11) is 0. The molecule has 0 aliphatic carbocycles. The van der Waals surface area contributed by atoms with Crippen LogP contribution < -0.4 is 10.6 Å². The van der Waals surface area contributed by atoms with Crippen molar-refractivity contribution in [1.82, 2.24) is 10.6 Å². The molecule has 16 heavy (non-hydrogen) atoms. The fourth-order valence-electron chi connectivity index (χ4n) is 1.48. The number of carbonyl (C=O) groups excluding carboxylic acids is 1. The third-order valence-corrected chi connectivity index (χ3v) is 2.41. The number of aliphatic hydroxyl groups excluding tert-OH is 1. The lowest BCUT2D eigenvalue weighted by molar-refractivity contribution is -0.121. The maximum Gasteiger partial charge on any atom is 0.219 e. The van der Waals surface area contributed by atoms with Gasteiger partial charge >= 0.3 is 0 Å². The van der Waals surface area contributed by atoms with E-state index in [9.17, 15) is 4.79 Å². The van der Waals surface area contributed by atoms with Gasteiger partial charge in [0.2, 0.25) is 5.91 Å². The number of aliphatic hydroxyl groups is 2. The van der Waals surface area contributed by atoms with Gasteiger partial charge in [-0.05, 0) is 19.3 Å². The van der Waals surface area contributed by atoms with Gasteiger partial charge in [-0.2, -0.15) is 0 Å². The molecule has 0 saturated carbocycles. The lowest BCUT2D eigenvalue weighted by Gasteiger charge is -2.10. The first-order valence-electron chi connectivity index (χ1n) is 5.55. The highest BCUT2D eigenvalue weighted by Gasteiger charge is 2.10. The summed E-state index contributed by atoms with van der Waals surface area (Å²) in [6, 6.07) is 0.333. The molecule has 1 heterocycles. The van der Waals surface area contributed by atoms with Crippen LogP contribution in [-0.2, 0) is 4.79 Å². The second-order valence-electron chi connectivity index (χ2n) is 3.87. The topological polar surface area (TPSA) is 94.0 Å².